The van der Waals surface area contributed by atoms with Gasteiger partial charge < -0.3 is 10.5 Å². The Morgan fingerprint density at radius 2 is 3.50 bits per heavy atom. The van der Waals surface area contributed by atoms with Crippen molar-refractivity contribution in [3.05, 3.63) is 0 Å². The molecule has 0 rings (SSSR count). The lowest BCUT2D eigenvalue weighted by atomic mass is 11.2. The number of nitrogens with two attached hydrogens (primary N) is 1. The molecule has 3 nitrogen and oxygen atoms in total. The highest BCUT2D eigenvalue weighted by Crippen LogP contribution is 1.50. The highest BCUT2D eigenvalue weighted by atomic mass is 35.5. The van der Waals surface area contributed by atoms with Crippen LogP contribution in [0, 0.1) is 5.40 Å². The van der Waals surface area contributed by atoms with Gasteiger partial charge in [-0.05, 0) is 0 Å². The zero-order valence-corrected chi connectivity index (χ0v) is 3.44. The molecule has 0 saturated heterocycles. The van der Waals surface area contributed by atoms with Crippen molar-refractivity contribution in [2.75, 3.05) is 7.04 Å². The Balaban J connectivity index is 0. The summed E-state index contributed by atoms with van der Waals surface area (Å²) in [6.45, 7) is 0. The Kier molecular flexibility index (Phi) is 0.788. The third-order valence-electron chi connectivity index (χ3n) is 0.0913. The molecule has 4 heteroatoms. The van der Waals surface area contributed by atoms with Crippen LogP contribution in [0.5, 0.6) is 0 Å². The lowest BCUT2D eigenvalue weighted by Crippen LogP contribution is -2.10. The zero-order valence-electron chi connectivity index (χ0n) is 9.68. The standard InChI is InChI=1S/C2H6N2O.ClH/c1-5-2(3)4;/h1H3,(H3,3,4);1H/i1D3;/hD4. The van der Waals surface area contributed by atoms with E-state index >= 15 is 0 Å². The highest BCUT2D eigenvalue weighted by Gasteiger charge is 1.68. The van der Waals surface area contributed by atoms with Crippen molar-refractivity contribution in [1.82, 2.24) is 0 Å². The first-order valence-electron chi connectivity index (χ1n) is 4.08. The van der Waals surface area contributed by atoms with Gasteiger partial charge in [0, 0.05) is 0 Å². The molecular weight excluding hydrogens is 103 g/mol. The molecule has 0 radical (unpaired) electrons. The number of ether oxygens (including phenoxy) is 1. The van der Waals surface area contributed by atoms with E-state index in [1.54, 1.807) is 0 Å². The van der Waals surface area contributed by atoms with Crippen LogP contribution in [-0.2, 0) is 4.74 Å². The first-order chi connectivity index (χ1) is 5.87. The Bertz CT molecular complexity index is 157. The van der Waals surface area contributed by atoms with Crippen LogP contribution in [0.15, 0.2) is 0 Å². The van der Waals surface area contributed by atoms with Crippen molar-refractivity contribution in [2.45, 2.75) is 0 Å². The topological polar surface area (TPSA) is 59.1 Å². The molecule has 0 amide bonds. The molecule has 0 bridgehead atoms. The second-order valence-corrected chi connectivity index (χ2v) is 0.385. The molecule has 0 aromatic heterocycles. The fourth-order valence-electron chi connectivity index (χ4n) is 0. The van der Waals surface area contributed by atoms with E-state index in [9.17, 15) is 0 Å². The first kappa shape index (κ1) is 1.04. The van der Waals surface area contributed by atoms with Crippen molar-refractivity contribution < 1.29 is 13.1 Å². The van der Waals surface area contributed by atoms with Crippen LogP contribution < -0.4 is 5.72 Å². The van der Waals surface area contributed by atoms with E-state index in [2.05, 4.69) is 22.5 Å². The van der Waals surface area contributed by atoms with Crippen LogP contribution in [0.3, 0.4) is 0 Å². The molecule has 3 N–H and O–H groups in total. The van der Waals surface area contributed by atoms with Gasteiger partial charge in [0.1, 0.15) is 1.17 Å². The Labute approximate surface area is 52.1 Å². The average molecular weight is 118 g/mol. The number of halogens is 1. The quantitative estimate of drug-likeness (QED) is 0.345. The highest BCUT2D eigenvalue weighted by molar-refractivity contribution is 5.85. The second kappa shape index (κ2) is 4.56. The molecule has 0 heterocycles. The Morgan fingerprint density at radius 3 is 3.67 bits per heavy atom. The van der Waals surface area contributed by atoms with Gasteiger partial charge in [0.25, 0.3) is 6.02 Å². The molecule has 0 aliphatic heterocycles. The Hall–Kier alpha value is -0.440. The normalized spacial score (nSPS) is 26.2. The van der Waals surface area contributed by atoms with Gasteiger partial charge in [0.05, 0.1) is 11.2 Å². The van der Waals surface area contributed by atoms with E-state index in [0.717, 1.165) is 0 Å². The summed E-state index contributed by atoms with van der Waals surface area (Å²) in [5, 5.41) is 2.51. The van der Waals surface area contributed by atoms with Gasteiger partial charge in [-0.3, -0.25) is 5.40 Å². The van der Waals surface area contributed by atoms with E-state index in [0.29, 0.717) is 0 Å². The summed E-state index contributed by atoms with van der Waals surface area (Å²) in [6, 6.07) is -0.898. The predicted molar refractivity (Wildman–Crippen MR) is 26.2 cm³/mol. The number of hydrogen-bond acceptors (Lipinski definition) is 2. The van der Waals surface area contributed by atoms with Gasteiger partial charge in [0.2, 0.25) is 0 Å². The van der Waals surface area contributed by atoms with Gasteiger partial charge in [0.15, 0.2) is 4.24 Å². The molecule has 38 valence electrons. The van der Waals surface area contributed by atoms with Crippen molar-refractivity contribution in [2.24, 2.45) is 5.72 Å². The second-order valence-electron chi connectivity index (χ2n) is 0.385. The first-order valence-corrected chi connectivity index (χ1v) is 0.855. The molecule has 0 fully saturated rings. The smallest absolute Gasteiger partial charge is 0.278 e. The van der Waals surface area contributed by atoms with Crippen molar-refractivity contribution in [3.63, 3.8) is 0 Å². The van der Waals surface area contributed by atoms with Crippen LogP contribution in [0.1, 0.15) is 4.11 Å². The number of rotatable bonds is 0. The van der Waals surface area contributed by atoms with Gasteiger partial charge in [-0.2, -0.15) is 0 Å². The fraction of sp³-hybridized carbons (Fsp3) is 0.500. The number of nitrogens with one attached hydrogen (secondary N) is 1. The lowest BCUT2D eigenvalue weighted by Gasteiger charge is -1.85. The molecule has 0 atom stereocenters. The van der Waals surface area contributed by atoms with Crippen LogP contribution in [-0.4, -0.2) is 14.2 Å². The maximum absolute atomic E-state index is 6.51. The van der Waals surface area contributed by atoms with Crippen molar-refractivity contribution in [1.29, 1.82) is 6.58 Å². The van der Waals surface area contributed by atoms with Crippen LogP contribution in [0.2, 0.25) is 4.24 Å². The summed E-state index contributed by atoms with van der Waals surface area (Å²) in [6.07, 6.45) is 0. The molecule has 0 aliphatic rings. The molecule has 0 spiro atoms. The Morgan fingerprint density at radius 1 is 2.67 bits per heavy atom. The van der Waals surface area contributed by atoms with Crippen molar-refractivity contribution >= 4 is 18.3 Å². The minimum atomic E-state index is -2.78. The summed E-state index contributed by atoms with van der Waals surface area (Å²) in [5.74, 6) is 0. The molecule has 0 aromatic rings. The van der Waals surface area contributed by atoms with Crippen LogP contribution >= 0.6 is 12.3 Å². The molecule has 0 aliphatic carbocycles. The maximum Gasteiger partial charge on any atom is 0.278 e. The summed E-state index contributed by atoms with van der Waals surface area (Å²) in [5.41, 5.74) is -0.195. The minimum absolute atomic E-state index is 0.195. The van der Waals surface area contributed by atoms with Crippen LogP contribution in [0.25, 0.3) is 0 Å². The monoisotopic (exact) mass is 117 g/mol. The minimum Gasteiger partial charge on any atom is -0.469 e. The third kappa shape index (κ3) is 9.59. The molecule has 0 unspecified atom stereocenters. The average Bonchev–Trinajstić information content (AvgIpc) is 2.02. The largest absolute Gasteiger partial charge is 0.469 e. The summed E-state index contributed by atoms with van der Waals surface area (Å²) >= 11 is 3.89. The molecule has 0 saturated carbocycles. The van der Waals surface area contributed by atoms with E-state index < -0.39 is 13.1 Å². The SMILES string of the molecule is [2H]Cl.[2H]N=C(OC([2H])([2H])[2H])N([2H])[2H]. The summed E-state index contributed by atoms with van der Waals surface area (Å²) in [4.78, 5) is 0. The molecular formula is C2H7ClN2O. The fourth-order valence-corrected chi connectivity index (χ4v) is 0. The maximum atomic E-state index is 6.51. The van der Waals surface area contributed by atoms with Gasteiger partial charge >= 0.3 is 0 Å². The van der Waals surface area contributed by atoms with Gasteiger partial charge in [-0.1, -0.05) is 0 Å². The van der Waals surface area contributed by atoms with E-state index in [1.807, 2.05) is 0 Å². The number of amidine groups is 1. The predicted octanol–water partition coefficient (Wildman–Crippen LogP) is -0.0519. The van der Waals surface area contributed by atoms with Crippen molar-refractivity contribution in [3.8, 4) is 0 Å². The molecule has 0 aromatic carbocycles. The summed E-state index contributed by atoms with van der Waals surface area (Å²) < 4.78 is 48.0. The van der Waals surface area contributed by atoms with Gasteiger partial charge in [-0.25, -0.2) is 0 Å². The number of hydrogen-bond donors (Lipinski definition) is 2. The van der Waals surface area contributed by atoms with E-state index in [-0.39, 0.29) is 5.72 Å². The third-order valence-corrected chi connectivity index (χ3v) is 0.0913. The molecule has 6 heavy (non-hydrogen) atoms. The lowest BCUT2D eigenvalue weighted by molar-refractivity contribution is 0.393. The summed E-state index contributed by atoms with van der Waals surface area (Å²) in [7, 11) is -2.78. The van der Waals surface area contributed by atoms with Gasteiger partial charge in [-0.15, -0.1) is 12.3 Å². The number of methoxy groups -OCH3 is 1. The van der Waals surface area contributed by atoms with E-state index in [4.69, 9.17) is 9.52 Å². The zero-order chi connectivity index (χ0) is 11.1. The van der Waals surface area contributed by atoms with E-state index in [1.165, 1.54) is 0 Å². The van der Waals surface area contributed by atoms with Crippen LogP contribution in [0.4, 0.5) is 0 Å².